The van der Waals surface area contributed by atoms with Crippen molar-refractivity contribution in [3.05, 3.63) is 71.7 Å². The van der Waals surface area contributed by atoms with Crippen molar-refractivity contribution in [3.63, 3.8) is 0 Å². The van der Waals surface area contributed by atoms with Crippen molar-refractivity contribution in [1.29, 1.82) is 5.26 Å². The summed E-state index contributed by atoms with van der Waals surface area (Å²) >= 11 is 0. The second-order valence-corrected chi connectivity index (χ2v) is 5.67. The first-order chi connectivity index (χ1) is 12.2. The van der Waals surface area contributed by atoms with E-state index >= 15 is 0 Å². The SMILES string of the molecule is COC(=O)c1cccn2cc(CN(CC#N)Cc3ccccc3)nc12. The van der Waals surface area contributed by atoms with Gasteiger partial charge in [-0.25, -0.2) is 9.78 Å². The summed E-state index contributed by atoms with van der Waals surface area (Å²) in [4.78, 5) is 18.4. The molecule has 2 aromatic heterocycles. The zero-order chi connectivity index (χ0) is 17.6. The first kappa shape index (κ1) is 16.7. The van der Waals surface area contributed by atoms with Crippen LogP contribution in [0.15, 0.2) is 54.9 Å². The minimum absolute atomic E-state index is 0.298. The van der Waals surface area contributed by atoms with Crippen molar-refractivity contribution in [2.75, 3.05) is 13.7 Å². The number of hydrogen-bond donors (Lipinski definition) is 0. The van der Waals surface area contributed by atoms with Gasteiger partial charge in [0.05, 0.1) is 25.4 Å². The summed E-state index contributed by atoms with van der Waals surface area (Å²) < 4.78 is 6.61. The highest BCUT2D eigenvalue weighted by molar-refractivity contribution is 5.95. The number of rotatable bonds is 6. The Hall–Kier alpha value is -3.17. The number of pyridine rings is 1. The molecule has 0 unspecified atom stereocenters. The summed E-state index contributed by atoms with van der Waals surface area (Å²) in [5.74, 6) is -0.416. The van der Waals surface area contributed by atoms with E-state index in [-0.39, 0.29) is 0 Å². The number of ether oxygens (including phenoxy) is 1. The molecule has 0 aliphatic rings. The third kappa shape index (κ3) is 3.84. The van der Waals surface area contributed by atoms with Crippen LogP contribution in [0.25, 0.3) is 5.65 Å². The summed E-state index contributed by atoms with van der Waals surface area (Å²) in [6, 6.07) is 15.7. The fourth-order valence-electron chi connectivity index (χ4n) is 2.75. The highest BCUT2D eigenvalue weighted by Gasteiger charge is 2.15. The lowest BCUT2D eigenvalue weighted by molar-refractivity contribution is 0.0602. The molecule has 0 aliphatic carbocycles. The van der Waals surface area contributed by atoms with Crippen molar-refractivity contribution in [3.8, 4) is 6.07 Å². The van der Waals surface area contributed by atoms with Crippen LogP contribution in [-0.4, -0.2) is 33.9 Å². The van der Waals surface area contributed by atoms with E-state index in [0.29, 0.717) is 30.8 Å². The Kier molecular flexibility index (Phi) is 5.07. The van der Waals surface area contributed by atoms with Crippen LogP contribution >= 0.6 is 0 Å². The van der Waals surface area contributed by atoms with Gasteiger partial charge in [-0.3, -0.25) is 4.90 Å². The topological polar surface area (TPSA) is 70.6 Å². The molecule has 6 heteroatoms. The van der Waals surface area contributed by atoms with Crippen LogP contribution in [0.4, 0.5) is 0 Å². The number of esters is 1. The Balaban J connectivity index is 1.85. The highest BCUT2D eigenvalue weighted by Crippen LogP contribution is 2.15. The number of methoxy groups -OCH3 is 1. The van der Waals surface area contributed by atoms with Crippen LogP contribution < -0.4 is 0 Å². The van der Waals surface area contributed by atoms with Crippen molar-refractivity contribution in [2.45, 2.75) is 13.1 Å². The first-order valence-corrected chi connectivity index (χ1v) is 7.89. The molecule has 6 nitrogen and oxygen atoms in total. The van der Waals surface area contributed by atoms with Crippen molar-refractivity contribution < 1.29 is 9.53 Å². The van der Waals surface area contributed by atoms with E-state index in [1.807, 2.05) is 47.6 Å². The third-order valence-electron chi connectivity index (χ3n) is 3.87. The van der Waals surface area contributed by atoms with Gasteiger partial charge in [-0.1, -0.05) is 30.3 Å². The van der Waals surface area contributed by atoms with E-state index in [4.69, 9.17) is 10.00 Å². The minimum atomic E-state index is -0.416. The Morgan fingerprint density at radius 2 is 2.04 bits per heavy atom. The van der Waals surface area contributed by atoms with Crippen LogP contribution in [0.5, 0.6) is 0 Å². The van der Waals surface area contributed by atoms with Gasteiger partial charge in [0.1, 0.15) is 5.56 Å². The molecule has 0 atom stereocenters. The molecule has 3 rings (SSSR count). The van der Waals surface area contributed by atoms with Gasteiger partial charge in [0.25, 0.3) is 0 Å². The van der Waals surface area contributed by atoms with E-state index in [1.165, 1.54) is 7.11 Å². The molecule has 0 radical (unpaired) electrons. The van der Waals surface area contributed by atoms with E-state index in [9.17, 15) is 4.79 Å². The molecular formula is C19H18N4O2. The van der Waals surface area contributed by atoms with Crippen molar-refractivity contribution in [1.82, 2.24) is 14.3 Å². The fourth-order valence-corrected chi connectivity index (χ4v) is 2.75. The number of nitriles is 1. The molecule has 0 saturated heterocycles. The molecular weight excluding hydrogens is 316 g/mol. The monoisotopic (exact) mass is 334 g/mol. The predicted octanol–water partition coefficient (Wildman–Crippen LogP) is 2.65. The number of carbonyl (C=O) groups is 1. The molecule has 126 valence electrons. The van der Waals surface area contributed by atoms with E-state index < -0.39 is 5.97 Å². The minimum Gasteiger partial charge on any atom is -0.465 e. The maximum Gasteiger partial charge on any atom is 0.341 e. The number of carbonyl (C=O) groups excluding carboxylic acids is 1. The molecule has 1 aromatic carbocycles. The Morgan fingerprint density at radius 3 is 2.76 bits per heavy atom. The summed E-state index contributed by atoms with van der Waals surface area (Å²) in [6.45, 7) is 1.48. The molecule has 25 heavy (non-hydrogen) atoms. The maximum atomic E-state index is 11.9. The quantitative estimate of drug-likeness (QED) is 0.512. The number of aromatic nitrogens is 2. The summed E-state index contributed by atoms with van der Waals surface area (Å²) in [5.41, 5.74) is 2.91. The van der Waals surface area contributed by atoms with Gasteiger partial charge < -0.3 is 9.14 Å². The van der Waals surface area contributed by atoms with Gasteiger partial charge in [-0.2, -0.15) is 5.26 Å². The Bertz CT molecular complexity index is 912. The normalized spacial score (nSPS) is 10.8. The zero-order valence-electron chi connectivity index (χ0n) is 13.9. The average molecular weight is 334 g/mol. The summed E-state index contributed by atoms with van der Waals surface area (Å²) in [6.07, 6.45) is 3.71. The number of fused-ring (bicyclic) bond motifs is 1. The highest BCUT2D eigenvalue weighted by atomic mass is 16.5. The predicted molar refractivity (Wildman–Crippen MR) is 92.7 cm³/mol. The summed E-state index contributed by atoms with van der Waals surface area (Å²) in [5, 5.41) is 9.10. The van der Waals surface area contributed by atoms with Gasteiger partial charge >= 0.3 is 5.97 Å². The van der Waals surface area contributed by atoms with Crippen molar-refractivity contribution >= 4 is 11.6 Å². The van der Waals surface area contributed by atoms with Crippen LogP contribution in [0, 0.1) is 11.3 Å². The van der Waals surface area contributed by atoms with Crippen LogP contribution in [0.1, 0.15) is 21.6 Å². The standard InChI is InChI=1S/C19H18N4O2/c1-25-19(24)17-8-5-10-23-14-16(21-18(17)23)13-22(11-9-20)12-15-6-3-2-4-7-15/h2-8,10,14H,11-13H2,1H3. The van der Waals surface area contributed by atoms with E-state index in [2.05, 4.69) is 11.1 Å². The number of imidazole rings is 1. The lowest BCUT2D eigenvalue weighted by Crippen LogP contribution is -2.23. The van der Waals surface area contributed by atoms with E-state index in [0.717, 1.165) is 11.3 Å². The van der Waals surface area contributed by atoms with Gasteiger partial charge in [0.15, 0.2) is 5.65 Å². The van der Waals surface area contributed by atoms with Crippen molar-refractivity contribution in [2.24, 2.45) is 0 Å². The fraction of sp³-hybridized carbons (Fsp3) is 0.211. The second-order valence-electron chi connectivity index (χ2n) is 5.67. The zero-order valence-corrected chi connectivity index (χ0v) is 13.9. The molecule has 2 heterocycles. The molecule has 0 amide bonds. The summed E-state index contributed by atoms with van der Waals surface area (Å²) in [7, 11) is 1.35. The molecule has 0 aliphatic heterocycles. The first-order valence-electron chi connectivity index (χ1n) is 7.89. The average Bonchev–Trinajstić information content (AvgIpc) is 3.04. The Labute approximate surface area is 145 Å². The maximum absolute atomic E-state index is 11.9. The second kappa shape index (κ2) is 7.60. The van der Waals surface area contributed by atoms with E-state index in [1.54, 1.807) is 16.5 Å². The van der Waals surface area contributed by atoms with Crippen LogP contribution in [0.2, 0.25) is 0 Å². The number of nitrogens with zero attached hydrogens (tertiary/aromatic N) is 4. The molecule has 0 saturated carbocycles. The number of benzene rings is 1. The molecule has 0 fully saturated rings. The van der Waals surface area contributed by atoms with Crippen LogP contribution in [0.3, 0.4) is 0 Å². The Morgan fingerprint density at radius 1 is 1.24 bits per heavy atom. The van der Waals surface area contributed by atoms with Crippen LogP contribution in [-0.2, 0) is 17.8 Å². The largest absolute Gasteiger partial charge is 0.465 e. The smallest absolute Gasteiger partial charge is 0.341 e. The third-order valence-corrected chi connectivity index (χ3v) is 3.87. The van der Waals surface area contributed by atoms with Gasteiger partial charge in [-0.05, 0) is 17.7 Å². The number of hydrogen-bond acceptors (Lipinski definition) is 5. The molecule has 3 aromatic rings. The molecule has 0 N–H and O–H groups in total. The lowest BCUT2D eigenvalue weighted by Gasteiger charge is -2.17. The molecule has 0 bridgehead atoms. The molecule has 0 spiro atoms. The van der Waals surface area contributed by atoms with Gasteiger partial charge in [0.2, 0.25) is 0 Å². The lowest BCUT2D eigenvalue weighted by atomic mass is 10.2. The van der Waals surface area contributed by atoms with Gasteiger partial charge in [-0.15, -0.1) is 0 Å². The van der Waals surface area contributed by atoms with Gasteiger partial charge in [0, 0.05) is 25.5 Å².